The van der Waals surface area contributed by atoms with Crippen molar-refractivity contribution >= 4 is 9.84 Å². The van der Waals surface area contributed by atoms with Gasteiger partial charge in [-0.25, -0.2) is 8.42 Å². The van der Waals surface area contributed by atoms with Crippen molar-refractivity contribution in [1.82, 2.24) is 0 Å². The molecule has 2 unspecified atom stereocenters. The fourth-order valence-corrected chi connectivity index (χ4v) is 3.41. The summed E-state index contributed by atoms with van der Waals surface area (Å²) in [5.41, 5.74) is 5.63. The summed E-state index contributed by atoms with van der Waals surface area (Å²) in [6.07, 6.45) is 4.14. The lowest BCUT2D eigenvalue weighted by atomic mass is 10.1. The SMILES string of the molecule is CCCS(=O)(=O)CCOC1CCCC1CN. The van der Waals surface area contributed by atoms with Crippen molar-refractivity contribution in [2.75, 3.05) is 24.7 Å². The van der Waals surface area contributed by atoms with Gasteiger partial charge in [-0.2, -0.15) is 0 Å². The van der Waals surface area contributed by atoms with Gasteiger partial charge in [0.15, 0.2) is 9.84 Å². The van der Waals surface area contributed by atoms with E-state index in [0.717, 1.165) is 19.3 Å². The highest BCUT2D eigenvalue weighted by Gasteiger charge is 2.26. The number of hydrogen-bond acceptors (Lipinski definition) is 4. The second-order valence-corrected chi connectivity index (χ2v) is 6.79. The summed E-state index contributed by atoms with van der Waals surface area (Å²) in [7, 11) is -2.90. The van der Waals surface area contributed by atoms with Crippen LogP contribution in [0.2, 0.25) is 0 Å². The molecule has 0 heterocycles. The summed E-state index contributed by atoms with van der Waals surface area (Å²) in [5, 5.41) is 0. The van der Waals surface area contributed by atoms with E-state index in [-0.39, 0.29) is 17.6 Å². The molecule has 0 spiro atoms. The molecule has 0 aliphatic heterocycles. The molecule has 16 heavy (non-hydrogen) atoms. The van der Waals surface area contributed by atoms with Crippen LogP contribution in [0.5, 0.6) is 0 Å². The van der Waals surface area contributed by atoms with Crippen LogP contribution < -0.4 is 5.73 Å². The molecule has 2 atom stereocenters. The molecule has 0 aromatic rings. The van der Waals surface area contributed by atoms with Gasteiger partial charge >= 0.3 is 0 Å². The van der Waals surface area contributed by atoms with Crippen molar-refractivity contribution in [3.8, 4) is 0 Å². The fourth-order valence-electron chi connectivity index (χ4n) is 2.23. The topological polar surface area (TPSA) is 69.4 Å². The van der Waals surface area contributed by atoms with Gasteiger partial charge in [-0.15, -0.1) is 0 Å². The second kappa shape index (κ2) is 6.57. The zero-order valence-corrected chi connectivity index (χ0v) is 10.8. The molecule has 1 aliphatic carbocycles. The van der Waals surface area contributed by atoms with Gasteiger partial charge in [0.25, 0.3) is 0 Å². The lowest BCUT2D eigenvalue weighted by Gasteiger charge is -2.18. The van der Waals surface area contributed by atoms with E-state index in [2.05, 4.69) is 0 Å². The van der Waals surface area contributed by atoms with Gasteiger partial charge in [-0.1, -0.05) is 13.3 Å². The Morgan fingerprint density at radius 1 is 1.31 bits per heavy atom. The Kier molecular flexibility index (Phi) is 5.72. The van der Waals surface area contributed by atoms with Gasteiger partial charge in [-0.3, -0.25) is 0 Å². The van der Waals surface area contributed by atoms with E-state index in [1.54, 1.807) is 0 Å². The van der Waals surface area contributed by atoms with Gasteiger partial charge in [-0.05, 0) is 31.7 Å². The maximum atomic E-state index is 11.5. The van der Waals surface area contributed by atoms with E-state index in [0.29, 0.717) is 25.5 Å². The fraction of sp³-hybridized carbons (Fsp3) is 1.00. The Morgan fingerprint density at radius 3 is 2.69 bits per heavy atom. The third-order valence-corrected chi connectivity index (χ3v) is 4.95. The molecular weight excluding hydrogens is 226 g/mol. The van der Waals surface area contributed by atoms with Crippen LogP contribution in [0.1, 0.15) is 32.6 Å². The molecule has 5 heteroatoms. The van der Waals surface area contributed by atoms with Gasteiger partial charge in [0, 0.05) is 5.75 Å². The van der Waals surface area contributed by atoms with Crippen molar-refractivity contribution in [2.24, 2.45) is 11.7 Å². The van der Waals surface area contributed by atoms with Crippen LogP contribution >= 0.6 is 0 Å². The molecule has 2 N–H and O–H groups in total. The third kappa shape index (κ3) is 4.39. The van der Waals surface area contributed by atoms with Crippen LogP contribution in [0.3, 0.4) is 0 Å². The first-order chi connectivity index (χ1) is 7.59. The van der Waals surface area contributed by atoms with Crippen LogP contribution in [0.25, 0.3) is 0 Å². The number of ether oxygens (including phenoxy) is 1. The summed E-state index contributed by atoms with van der Waals surface area (Å²) in [4.78, 5) is 0. The van der Waals surface area contributed by atoms with E-state index < -0.39 is 9.84 Å². The molecule has 0 saturated heterocycles. The summed E-state index contributed by atoms with van der Waals surface area (Å²) in [6.45, 7) is 2.84. The molecule has 0 radical (unpaired) electrons. The molecule has 1 fully saturated rings. The van der Waals surface area contributed by atoms with Crippen LogP contribution in [-0.2, 0) is 14.6 Å². The van der Waals surface area contributed by atoms with Gasteiger partial charge in [0.2, 0.25) is 0 Å². The predicted octanol–water partition coefficient (Wildman–Crippen LogP) is 0.955. The Hall–Kier alpha value is -0.130. The summed E-state index contributed by atoms with van der Waals surface area (Å²) >= 11 is 0. The Labute approximate surface area is 98.5 Å². The van der Waals surface area contributed by atoms with Crippen molar-refractivity contribution in [3.05, 3.63) is 0 Å². The zero-order valence-electron chi connectivity index (χ0n) is 10.0. The molecule has 0 amide bonds. The molecule has 0 aromatic heterocycles. The third-order valence-electron chi connectivity index (χ3n) is 3.13. The number of nitrogens with two attached hydrogens (primary N) is 1. The van der Waals surface area contributed by atoms with Crippen molar-refractivity contribution in [1.29, 1.82) is 0 Å². The number of hydrogen-bond donors (Lipinski definition) is 1. The lowest BCUT2D eigenvalue weighted by Crippen LogP contribution is -2.27. The molecule has 96 valence electrons. The molecular formula is C11H23NO3S. The smallest absolute Gasteiger partial charge is 0.152 e. The summed E-state index contributed by atoms with van der Waals surface area (Å²) in [5.74, 6) is 0.838. The van der Waals surface area contributed by atoms with E-state index >= 15 is 0 Å². The predicted molar refractivity (Wildman–Crippen MR) is 65.1 cm³/mol. The number of rotatable bonds is 7. The monoisotopic (exact) mass is 249 g/mol. The quantitative estimate of drug-likeness (QED) is 0.729. The standard InChI is InChI=1S/C11H23NO3S/c1-2-7-16(13,14)8-6-15-11-5-3-4-10(11)9-12/h10-11H,2-9,12H2,1H3. The minimum absolute atomic E-state index is 0.147. The van der Waals surface area contributed by atoms with Gasteiger partial charge in [0.1, 0.15) is 0 Å². The Bertz CT molecular complexity index is 290. The van der Waals surface area contributed by atoms with Crippen LogP contribution in [0.4, 0.5) is 0 Å². The molecule has 1 aliphatic rings. The molecule has 0 aromatic carbocycles. The maximum Gasteiger partial charge on any atom is 0.152 e. The minimum Gasteiger partial charge on any atom is -0.377 e. The maximum absolute atomic E-state index is 11.5. The van der Waals surface area contributed by atoms with Crippen molar-refractivity contribution in [3.63, 3.8) is 0 Å². The lowest BCUT2D eigenvalue weighted by molar-refractivity contribution is 0.0399. The molecule has 1 rings (SSSR count). The highest BCUT2D eigenvalue weighted by Crippen LogP contribution is 2.27. The van der Waals surface area contributed by atoms with E-state index in [1.807, 2.05) is 6.92 Å². The molecule has 1 saturated carbocycles. The van der Waals surface area contributed by atoms with Crippen molar-refractivity contribution in [2.45, 2.75) is 38.7 Å². The first kappa shape index (κ1) is 13.9. The first-order valence-corrected chi connectivity index (χ1v) is 7.93. The molecule has 4 nitrogen and oxygen atoms in total. The zero-order chi connectivity index (χ0) is 12.0. The first-order valence-electron chi connectivity index (χ1n) is 6.11. The van der Waals surface area contributed by atoms with Crippen LogP contribution in [0, 0.1) is 5.92 Å². The Morgan fingerprint density at radius 2 is 2.06 bits per heavy atom. The normalized spacial score (nSPS) is 26.1. The summed E-state index contributed by atoms with van der Waals surface area (Å²) in [6, 6.07) is 0. The average Bonchev–Trinajstić information content (AvgIpc) is 2.64. The number of sulfone groups is 1. The largest absolute Gasteiger partial charge is 0.377 e. The molecule has 0 bridgehead atoms. The van der Waals surface area contributed by atoms with Gasteiger partial charge < -0.3 is 10.5 Å². The van der Waals surface area contributed by atoms with E-state index in [9.17, 15) is 8.42 Å². The highest BCUT2D eigenvalue weighted by atomic mass is 32.2. The van der Waals surface area contributed by atoms with E-state index in [1.165, 1.54) is 0 Å². The van der Waals surface area contributed by atoms with E-state index in [4.69, 9.17) is 10.5 Å². The second-order valence-electron chi connectivity index (χ2n) is 4.49. The van der Waals surface area contributed by atoms with Gasteiger partial charge in [0.05, 0.1) is 18.5 Å². The minimum atomic E-state index is -2.90. The Balaban J connectivity index is 2.25. The van der Waals surface area contributed by atoms with Crippen LogP contribution in [-0.4, -0.2) is 39.2 Å². The average molecular weight is 249 g/mol. The highest BCUT2D eigenvalue weighted by molar-refractivity contribution is 7.91. The summed E-state index contributed by atoms with van der Waals surface area (Å²) < 4.78 is 28.5. The van der Waals surface area contributed by atoms with Crippen LogP contribution in [0.15, 0.2) is 0 Å². The van der Waals surface area contributed by atoms with Crippen molar-refractivity contribution < 1.29 is 13.2 Å².